The van der Waals surface area contributed by atoms with Crippen LogP contribution in [0, 0.1) is 11.3 Å². The van der Waals surface area contributed by atoms with Crippen LogP contribution >= 0.6 is 15.9 Å². The molecule has 1 aromatic rings. The molecule has 0 spiro atoms. The minimum absolute atomic E-state index is 0.136. The van der Waals surface area contributed by atoms with Gasteiger partial charge in [-0.25, -0.2) is 0 Å². The average Bonchev–Trinajstić information content (AvgIpc) is 2.47. The molecule has 1 fully saturated rings. The molecule has 1 saturated carbocycles. The SMILES string of the molecule is CC1CCC(CN)(C(=O)OCc2ccccc2Br)CC1. The van der Waals surface area contributed by atoms with Crippen LogP contribution in [0.3, 0.4) is 0 Å². The lowest BCUT2D eigenvalue weighted by atomic mass is 9.71. The van der Waals surface area contributed by atoms with Gasteiger partial charge in [0.1, 0.15) is 6.61 Å². The number of carbonyl (C=O) groups is 1. The molecular formula is C16H22BrNO2. The smallest absolute Gasteiger partial charge is 0.313 e. The van der Waals surface area contributed by atoms with Crippen LogP contribution in [-0.4, -0.2) is 12.5 Å². The molecule has 0 aromatic heterocycles. The molecular weight excluding hydrogens is 318 g/mol. The molecule has 110 valence electrons. The Bertz CT molecular complexity index is 467. The van der Waals surface area contributed by atoms with Gasteiger partial charge in [0.15, 0.2) is 0 Å². The lowest BCUT2D eigenvalue weighted by molar-refractivity contribution is -0.159. The van der Waals surface area contributed by atoms with Crippen LogP contribution < -0.4 is 5.73 Å². The summed E-state index contributed by atoms with van der Waals surface area (Å²) < 4.78 is 6.49. The number of benzene rings is 1. The number of rotatable bonds is 4. The third-order valence-electron chi connectivity index (χ3n) is 4.37. The Labute approximate surface area is 129 Å². The summed E-state index contributed by atoms with van der Waals surface area (Å²) in [5.74, 6) is 0.549. The average molecular weight is 340 g/mol. The fraction of sp³-hybridized carbons (Fsp3) is 0.562. The van der Waals surface area contributed by atoms with E-state index in [-0.39, 0.29) is 5.97 Å². The number of nitrogens with two attached hydrogens (primary N) is 1. The van der Waals surface area contributed by atoms with Gasteiger partial charge in [0.2, 0.25) is 0 Å². The Hall–Kier alpha value is -0.870. The highest BCUT2D eigenvalue weighted by atomic mass is 79.9. The molecule has 2 rings (SSSR count). The third-order valence-corrected chi connectivity index (χ3v) is 5.15. The van der Waals surface area contributed by atoms with Crippen molar-refractivity contribution < 1.29 is 9.53 Å². The Balaban J connectivity index is 1.98. The van der Waals surface area contributed by atoms with Crippen LogP contribution in [0.15, 0.2) is 28.7 Å². The molecule has 0 radical (unpaired) electrons. The second-order valence-corrected chi connectivity index (χ2v) is 6.69. The zero-order chi connectivity index (χ0) is 14.6. The monoisotopic (exact) mass is 339 g/mol. The van der Waals surface area contributed by atoms with Crippen molar-refractivity contribution in [3.05, 3.63) is 34.3 Å². The molecule has 20 heavy (non-hydrogen) atoms. The molecule has 0 aliphatic heterocycles. The zero-order valence-corrected chi connectivity index (χ0v) is 13.5. The first kappa shape index (κ1) is 15.5. The predicted octanol–water partition coefficient (Wildman–Crippen LogP) is 3.65. The van der Waals surface area contributed by atoms with E-state index in [1.165, 1.54) is 0 Å². The molecule has 2 N–H and O–H groups in total. The summed E-state index contributed by atoms with van der Waals surface area (Å²) in [4.78, 5) is 12.4. The van der Waals surface area contributed by atoms with Crippen LogP contribution in [0.2, 0.25) is 0 Å². The molecule has 0 atom stereocenters. The summed E-state index contributed by atoms with van der Waals surface area (Å²) in [5.41, 5.74) is 6.39. The number of halogens is 1. The van der Waals surface area contributed by atoms with Gasteiger partial charge in [0, 0.05) is 16.6 Å². The molecule has 0 heterocycles. The number of carbonyl (C=O) groups excluding carboxylic acids is 1. The quantitative estimate of drug-likeness (QED) is 0.852. The van der Waals surface area contributed by atoms with Gasteiger partial charge in [0.25, 0.3) is 0 Å². The highest BCUT2D eigenvalue weighted by Gasteiger charge is 2.41. The van der Waals surface area contributed by atoms with Crippen LogP contribution in [0.5, 0.6) is 0 Å². The molecule has 3 nitrogen and oxygen atoms in total. The maximum absolute atomic E-state index is 12.4. The van der Waals surface area contributed by atoms with Crippen LogP contribution in [0.1, 0.15) is 38.2 Å². The lowest BCUT2D eigenvalue weighted by Crippen LogP contribution is -2.42. The second-order valence-electron chi connectivity index (χ2n) is 5.83. The summed E-state index contributed by atoms with van der Waals surface area (Å²) in [6.45, 7) is 2.92. The van der Waals surface area contributed by atoms with E-state index in [0.29, 0.717) is 19.1 Å². The van der Waals surface area contributed by atoms with Gasteiger partial charge in [-0.2, -0.15) is 0 Å². The van der Waals surface area contributed by atoms with Gasteiger partial charge in [-0.1, -0.05) is 41.1 Å². The number of esters is 1. The molecule has 1 aliphatic carbocycles. The maximum Gasteiger partial charge on any atom is 0.313 e. The lowest BCUT2D eigenvalue weighted by Gasteiger charge is -2.36. The highest BCUT2D eigenvalue weighted by molar-refractivity contribution is 9.10. The van der Waals surface area contributed by atoms with Gasteiger partial charge in [-0.15, -0.1) is 0 Å². The molecule has 0 amide bonds. The highest BCUT2D eigenvalue weighted by Crippen LogP contribution is 2.39. The first-order valence-electron chi connectivity index (χ1n) is 7.18. The van der Waals surface area contributed by atoms with Crippen molar-refractivity contribution >= 4 is 21.9 Å². The minimum Gasteiger partial charge on any atom is -0.460 e. The Morgan fingerprint density at radius 3 is 2.65 bits per heavy atom. The number of hydrogen-bond donors (Lipinski definition) is 1. The summed E-state index contributed by atoms with van der Waals surface area (Å²) in [7, 11) is 0. The van der Waals surface area contributed by atoms with E-state index in [0.717, 1.165) is 35.7 Å². The summed E-state index contributed by atoms with van der Waals surface area (Å²) in [6, 6.07) is 7.79. The van der Waals surface area contributed by atoms with E-state index in [9.17, 15) is 4.79 Å². The normalized spacial score (nSPS) is 26.2. The zero-order valence-electron chi connectivity index (χ0n) is 11.9. The van der Waals surface area contributed by atoms with Crippen molar-refractivity contribution in [2.75, 3.05) is 6.54 Å². The first-order valence-corrected chi connectivity index (χ1v) is 7.97. The summed E-state index contributed by atoms with van der Waals surface area (Å²) >= 11 is 3.46. The van der Waals surface area contributed by atoms with Crippen molar-refractivity contribution in [1.29, 1.82) is 0 Å². The van der Waals surface area contributed by atoms with Crippen molar-refractivity contribution in [3.63, 3.8) is 0 Å². The van der Waals surface area contributed by atoms with Crippen LogP contribution in [0.4, 0.5) is 0 Å². The fourth-order valence-corrected chi connectivity index (χ4v) is 3.12. The van der Waals surface area contributed by atoms with Gasteiger partial charge in [0.05, 0.1) is 5.41 Å². The van der Waals surface area contributed by atoms with Gasteiger partial charge >= 0.3 is 5.97 Å². The van der Waals surface area contributed by atoms with E-state index in [4.69, 9.17) is 10.5 Å². The van der Waals surface area contributed by atoms with E-state index in [1.54, 1.807) is 0 Å². The van der Waals surface area contributed by atoms with E-state index in [1.807, 2.05) is 24.3 Å². The van der Waals surface area contributed by atoms with Crippen molar-refractivity contribution in [3.8, 4) is 0 Å². The summed E-state index contributed by atoms with van der Waals surface area (Å²) in [6.07, 6.45) is 3.81. The fourth-order valence-electron chi connectivity index (χ4n) is 2.72. The van der Waals surface area contributed by atoms with E-state index in [2.05, 4.69) is 22.9 Å². The first-order chi connectivity index (χ1) is 9.57. The Kier molecular flexibility index (Phi) is 5.22. The molecule has 0 bridgehead atoms. The Morgan fingerprint density at radius 2 is 2.05 bits per heavy atom. The largest absolute Gasteiger partial charge is 0.460 e. The third kappa shape index (κ3) is 3.41. The predicted molar refractivity (Wildman–Crippen MR) is 83.1 cm³/mol. The van der Waals surface area contributed by atoms with Crippen LogP contribution in [-0.2, 0) is 16.1 Å². The maximum atomic E-state index is 12.4. The molecule has 1 aliphatic rings. The van der Waals surface area contributed by atoms with E-state index >= 15 is 0 Å². The van der Waals surface area contributed by atoms with Crippen molar-refractivity contribution in [1.82, 2.24) is 0 Å². The standard InChI is InChI=1S/C16H22BrNO2/c1-12-6-8-16(11-18,9-7-12)15(19)20-10-13-4-2-3-5-14(13)17/h2-5,12H,6-11,18H2,1H3. The van der Waals surface area contributed by atoms with E-state index < -0.39 is 5.41 Å². The number of hydrogen-bond acceptors (Lipinski definition) is 3. The molecule has 0 saturated heterocycles. The Morgan fingerprint density at radius 1 is 1.40 bits per heavy atom. The number of ether oxygens (including phenoxy) is 1. The van der Waals surface area contributed by atoms with Gasteiger partial charge < -0.3 is 10.5 Å². The molecule has 0 unspecified atom stereocenters. The van der Waals surface area contributed by atoms with Crippen LogP contribution in [0.25, 0.3) is 0 Å². The summed E-state index contributed by atoms with van der Waals surface area (Å²) in [5, 5.41) is 0. The minimum atomic E-state index is -0.465. The molecule has 1 aromatic carbocycles. The van der Waals surface area contributed by atoms with Gasteiger partial charge in [-0.05, 0) is 37.7 Å². The molecule has 4 heteroatoms. The topological polar surface area (TPSA) is 52.3 Å². The van der Waals surface area contributed by atoms with Crippen molar-refractivity contribution in [2.45, 2.75) is 39.2 Å². The second kappa shape index (κ2) is 6.72. The van der Waals surface area contributed by atoms with Gasteiger partial charge in [-0.3, -0.25) is 4.79 Å². The van der Waals surface area contributed by atoms with Crippen molar-refractivity contribution in [2.24, 2.45) is 17.1 Å².